The summed E-state index contributed by atoms with van der Waals surface area (Å²) in [4.78, 5) is 79.9. The molecular weight excluding hydrogens is 1840 g/mol. The van der Waals surface area contributed by atoms with Crippen LogP contribution < -0.4 is 0 Å². The second-order valence-electron chi connectivity index (χ2n) is 35.3. The molecule has 0 radical (unpaired) electrons. The van der Waals surface area contributed by atoms with E-state index in [1.165, 1.54) is 0 Å². The van der Waals surface area contributed by atoms with Crippen LogP contribution in [0.5, 0.6) is 0 Å². The van der Waals surface area contributed by atoms with Crippen LogP contribution >= 0.6 is 11.3 Å². The molecule has 0 spiro atoms. The van der Waals surface area contributed by atoms with E-state index in [0.717, 1.165) is 175 Å². The van der Waals surface area contributed by atoms with Gasteiger partial charge < -0.3 is 13.3 Å². The fourth-order valence-corrected chi connectivity index (χ4v) is 20.1. The van der Waals surface area contributed by atoms with Gasteiger partial charge in [0.25, 0.3) is 0 Å². The van der Waals surface area contributed by atoms with Gasteiger partial charge in [-0.1, -0.05) is 419 Å². The Morgan fingerprint density at radius 2 is 0.412 bits per heavy atom. The molecule has 10 heterocycles. The lowest BCUT2D eigenvalue weighted by molar-refractivity contribution is 0.667. The summed E-state index contributed by atoms with van der Waals surface area (Å²) in [6, 6.07) is 158. The molecule has 148 heavy (non-hydrogen) atoms. The third-order valence-corrected chi connectivity index (χ3v) is 27.1. The van der Waals surface area contributed by atoms with Gasteiger partial charge in [0.1, 0.15) is 39.1 Å². The molecule has 10 aromatic heterocycles. The summed E-state index contributed by atoms with van der Waals surface area (Å²) in [5.41, 5.74) is 23.1. The van der Waals surface area contributed by atoms with E-state index in [0.29, 0.717) is 104 Å². The van der Waals surface area contributed by atoms with E-state index in [2.05, 4.69) is 78.9 Å². The highest BCUT2D eigenvalue weighted by molar-refractivity contribution is 7.26. The average molecular weight is 1920 g/mol. The first-order valence-electron chi connectivity index (χ1n) is 48.4. The number of para-hydroxylation sites is 3. The minimum absolute atomic E-state index is 0.525. The van der Waals surface area contributed by atoms with Crippen molar-refractivity contribution in [2.24, 2.45) is 0 Å². The van der Waals surface area contributed by atoms with Gasteiger partial charge in [-0.3, -0.25) is 0 Å². The number of aromatic nitrogens is 16. The number of fused-ring (bicyclic) bond motifs is 12. The van der Waals surface area contributed by atoms with Gasteiger partial charge in [-0.15, -0.1) is 11.3 Å². The van der Waals surface area contributed by atoms with Crippen LogP contribution in [0.4, 0.5) is 0 Å². The van der Waals surface area contributed by atoms with Crippen LogP contribution in [-0.2, 0) is 0 Å². The molecule has 694 valence electrons. The van der Waals surface area contributed by atoms with Gasteiger partial charge in [0.2, 0.25) is 0 Å². The van der Waals surface area contributed by atoms with Crippen molar-refractivity contribution >= 4 is 97.5 Å². The first-order chi connectivity index (χ1) is 73.3. The Kier molecular flexibility index (Phi) is 23.0. The van der Waals surface area contributed by atoms with E-state index in [-0.39, 0.29) is 0 Å². The predicted molar refractivity (Wildman–Crippen MR) is 591 cm³/mol. The molecule has 0 unspecified atom stereocenters. The summed E-state index contributed by atoms with van der Waals surface area (Å²) in [7, 11) is 0. The van der Waals surface area contributed by atoms with Gasteiger partial charge in [-0.2, -0.15) is 0 Å². The topological polar surface area (TPSA) is 246 Å². The first kappa shape index (κ1) is 88.0. The van der Waals surface area contributed by atoms with Gasteiger partial charge in [0.15, 0.2) is 87.1 Å². The van der Waals surface area contributed by atoms with E-state index < -0.39 is 0 Å². The van der Waals surface area contributed by atoms with Gasteiger partial charge in [-0.05, 0) is 54.6 Å². The lowest BCUT2D eigenvalue weighted by atomic mass is 10.0. The monoisotopic (exact) mass is 1920 g/mol. The zero-order valence-electron chi connectivity index (χ0n) is 78.8. The van der Waals surface area contributed by atoms with Crippen molar-refractivity contribution < 1.29 is 13.3 Å². The zero-order valence-corrected chi connectivity index (χ0v) is 79.6. The number of hydrogen-bond acceptors (Lipinski definition) is 20. The van der Waals surface area contributed by atoms with Gasteiger partial charge in [0, 0.05) is 131 Å². The van der Waals surface area contributed by atoms with Crippen molar-refractivity contribution in [2.75, 3.05) is 0 Å². The van der Waals surface area contributed by atoms with Crippen LogP contribution in [0.1, 0.15) is 0 Å². The summed E-state index contributed by atoms with van der Waals surface area (Å²) < 4.78 is 22.0. The number of nitrogens with zero attached hydrogens (tertiary/aromatic N) is 16. The lowest BCUT2D eigenvalue weighted by Crippen LogP contribution is -2.00. The van der Waals surface area contributed by atoms with Crippen LogP contribution in [-0.4, -0.2) is 79.7 Å². The van der Waals surface area contributed by atoms with Crippen molar-refractivity contribution in [3.8, 4) is 193 Å². The van der Waals surface area contributed by atoms with Crippen molar-refractivity contribution in [2.45, 2.75) is 0 Å². The Morgan fingerprint density at radius 3 is 0.770 bits per heavy atom. The minimum Gasteiger partial charge on any atom is -0.455 e. The highest BCUT2D eigenvalue weighted by atomic mass is 32.1. The molecule has 0 fully saturated rings. The molecule has 19 nitrogen and oxygen atoms in total. The van der Waals surface area contributed by atoms with Crippen LogP contribution in [0.2, 0.25) is 0 Å². The smallest absolute Gasteiger partial charge is 0.180 e. The molecule has 0 bridgehead atoms. The van der Waals surface area contributed by atoms with Crippen LogP contribution in [0.15, 0.2) is 486 Å². The van der Waals surface area contributed by atoms with Crippen LogP contribution in [0.3, 0.4) is 0 Å². The highest BCUT2D eigenvalue weighted by Gasteiger charge is 2.28. The number of benzene rings is 18. The van der Waals surface area contributed by atoms with E-state index in [9.17, 15) is 0 Å². The Morgan fingerprint density at radius 1 is 0.149 bits per heavy atom. The average Bonchev–Trinajstić information content (AvgIpc) is 1.59. The number of thiophene rings is 1. The Labute approximate surface area is 851 Å². The van der Waals surface area contributed by atoms with Crippen molar-refractivity contribution in [1.29, 1.82) is 0 Å². The molecule has 0 N–H and O–H groups in total. The number of furan rings is 3. The third kappa shape index (κ3) is 17.2. The van der Waals surface area contributed by atoms with Gasteiger partial charge >= 0.3 is 0 Å². The zero-order chi connectivity index (χ0) is 98.2. The fraction of sp³-hybridized carbons (Fsp3) is 0. The minimum atomic E-state index is 0.525. The van der Waals surface area contributed by atoms with Gasteiger partial charge in [0.05, 0.1) is 22.5 Å². The summed E-state index contributed by atoms with van der Waals surface area (Å²) >= 11 is 1.75. The lowest BCUT2D eigenvalue weighted by Gasteiger charge is -2.10. The molecule has 0 aliphatic heterocycles. The number of hydrogen-bond donors (Lipinski definition) is 0. The molecule has 0 atom stereocenters. The largest absolute Gasteiger partial charge is 0.455 e. The quantitative estimate of drug-likeness (QED) is 0.0822. The van der Waals surface area contributed by atoms with E-state index in [4.69, 9.17) is 93.0 Å². The maximum atomic E-state index is 6.67. The molecular formula is C128H78N16O3S. The van der Waals surface area contributed by atoms with E-state index in [1.54, 1.807) is 11.3 Å². The van der Waals surface area contributed by atoms with E-state index in [1.807, 2.05) is 394 Å². The first-order valence-corrected chi connectivity index (χ1v) is 49.2. The normalized spacial score (nSPS) is 11.4. The second kappa shape index (κ2) is 38.7. The van der Waals surface area contributed by atoms with Crippen molar-refractivity contribution in [1.82, 2.24) is 79.7 Å². The molecule has 0 aliphatic rings. The summed E-state index contributed by atoms with van der Waals surface area (Å²) in [5.74, 6) is 8.41. The Hall–Kier alpha value is -20.2. The Bertz CT molecular complexity index is 9180. The molecule has 18 aromatic carbocycles. The number of rotatable bonds is 17. The highest BCUT2D eigenvalue weighted by Crippen LogP contribution is 2.47. The second-order valence-corrected chi connectivity index (χ2v) is 36.4. The standard InChI is InChI=1S/C43H25N5OS.C43H27N5O.C42H26N6O/c1-4-13-26(14-5-1)40-44-37(39-38(45-40)30-19-10-11-21-33(30)49-39)29-23-24-31-35(25-29)50-34-22-12-20-32(36(31)34)43-47-41(27-15-6-2-7-16-27)46-42(48-43)28-17-8-3-9-18-28;1-5-15-28(16-6-1)35-27-36(29-17-7-2-8-18-29)45-43(44-35)34-25-13-23-32-38-33(24-14-26-37(38)49-39(32)34)42-47-40(30-19-9-3-10-20-30)46-41(48-42)31-21-11-4-12-22-31;1-5-15-27(16-6-1)37-43-38(28-17-7-2-8-18-28)46-41(45-37)32-24-14-26-34-35(32)31-23-13-25-33(36(31)49-34)42-47-39(29-19-9-3-10-20-29)44-40(48-42)30-21-11-4-12-22-30/h1-25H;1-27H;1-26H. The molecule has 20 heteroatoms. The molecule has 0 saturated carbocycles. The molecule has 0 aliphatic carbocycles. The summed E-state index contributed by atoms with van der Waals surface area (Å²) in [5, 5.41) is 6.89. The third-order valence-electron chi connectivity index (χ3n) is 25.9. The van der Waals surface area contributed by atoms with Crippen LogP contribution in [0.25, 0.3) is 279 Å². The Balaban J connectivity index is 0.000000112. The maximum absolute atomic E-state index is 6.67. The summed E-state index contributed by atoms with van der Waals surface area (Å²) in [6.07, 6.45) is 0. The molecule has 28 aromatic rings. The maximum Gasteiger partial charge on any atom is 0.180 e. The van der Waals surface area contributed by atoms with Crippen LogP contribution in [0, 0.1) is 0 Å². The van der Waals surface area contributed by atoms with Gasteiger partial charge in [-0.25, -0.2) is 79.7 Å². The van der Waals surface area contributed by atoms with E-state index >= 15 is 0 Å². The SMILES string of the molecule is c1ccc(-c2cc(-c3ccccc3)nc(-c3cccc4c3oc3cccc(-c5nc(-c6ccccc6)nc(-c6ccccc6)n5)c34)n2)cc1.c1ccc(-c2nc(-c3ccccc3)nc(-c3cccc4c3oc3cccc(-c5nc(-c6ccccc6)nc(-c6ccccc6)n5)c34)n2)cc1.c1ccc(-c2nc(-c3ccccc3)nc(-c3cccc4sc5cc(-c6nc(-c7ccccc7)nc7c6oc6ccccc67)ccc5c34)n2)cc1. The van der Waals surface area contributed by atoms with Crippen molar-refractivity contribution in [3.05, 3.63) is 473 Å². The fourth-order valence-electron chi connectivity index (χ4n) is 18.9. The molecule has 0 amide bonds. The summed E-state index contributed by atoms with van der Waals surface area (Å²) in [6.45, 7) is 0. The predicted octanol–water partition coefficient (Wildman–Crippen LogP) is 31.8. The molecule has 28 rings (SSSR count). The van der Waals surface area contributed by atoms with Crippen molar-refractivity contribution in [3.63, 3.8) is 0 Å². The molecule has 0 saturated heterocycles.